The molecule has 4 N–H and O–H groups in total. The summed E-state index contributed by atoms with van der Waals surface area (Å²) in [6, 6.07) is 0. The van der Waals surface area contributed by atoms with E-state index in [1.54, 1.807) is 0 Å². The third-order valence-corrected chi connectivity index (χ3v) is 0.918. The molecule has 72 valence electrons. The molecule has 0 radical (unpaired) electrons. The van der Waals surface area contributed by atoms with Gasteiger partial charge in [0, 0.05) is 0 Å². The van der Waals surface area contributed by atoms with Gasteiger partial charge in [0.05, 0.1) is 25.4 Å². The molecule has 0 heterocycles. The molecule has 0 aromatic heterocycles. The van der Waals surface area contributed by atoms with Crippen molar-refractivity contribution in [1.29, 1.82) is 0 Å². The van der Waals surface area contributed by atoms with E-state index in [4.69, 9.17) is 20.4 Å². The average molecular weight is 176 g/mol. The Morgan fingerprint density at radius 2 is 1.17 bits per heavy atom. The van der Waals surface area contributed by atoms with Crippen LogP contribution in [0.4, 0.5) is 0 Å². The molecule has 0 spiro atoms. The molecular formula is C8H16O4. The van der Waals surface area contributed by atoms with Crippen molar-refractivity contribution in [3.8, 4) is 0 Å². The molecule has 0 amide bonds. The van der Waals surface area contributed by atoms with E-state index in [1.807, 2.05) is 0 Å². The van der Waals surface area contributed by atoms with Crippen molar-refractivity contribution in [3.63, 3.8) is 0 Å². The fraction of sp³-hybridized carbons (Fsp3) is 0.500. The van der Waals surface area contributed by atoms with Crippen LogP contribution >= 0.6 is 0 Å². The van der Waals surface area contributed by atoms with E-state index in [2.05, 4.69) is 13.2 Å². The van der Waals surface area contributed by atoms with Crippen molar-refractivity contribution in [2.75, 3.05) is 13.2 Å². The quantitative estimate of drug-likeness (QED) is 0.416. The zero-order valence-corrected chi connectivity index (χ0v) is 6.93. The second-order valence-corrected chi connectivity index (χ2v) is 1.97. The molecule has 0 aliphatic carbocycles. The van der Waals surface area contributed by atoms with E-state index in [9.17, 15) is 0 Å². The van der Waals surface area contributed by atoms with Gasteiger partial charge in [0.15, 0.2) is 0 Å². The largest absolute Gasteiger partial charge is 0.393 e. The maximum absolute atomic E-state index is 8.30. The summed E-state index contributed by atoms with van der Waals surface area (Å²) < 4.78 is 0. The minimum absolute atomic E-state index is 0.233. The van der Waals surface area contributed by atoms with Crippen LogP contribution in [0.15, 0.2) is 25.3 Å². The minimum Gasteiger partial charge on any atom is -0.393 e. The van der Waals surface area contributed by atoms with Crippen molar-refractivity contribution in [2.45, 2.75) is 12.2 Å². The van der Waals surface area contributed by atoms with Crippen LogP contribution in [0.2, 0.25) is 0 Å². The average Bonchev–Trinajstić information content (AvgIpc) is 2.16. The molecule has 0 saturated carbocycles. The van der Waals surface area contributed by atoms with E-state index >= 15 is 0 Å². The monoisotopic (exact) mass is 176 g/mol. The Kier molecular flexibility index (Phi) is 11.9. The van der Waals surface area contributed by atoms with E-state index in [1.165, 1.54) is 12.2 Å². The first-order chi connectivity index (χ1) is 5.62. The van der Waals surface area contributed by atoms with Gasteiger partial charge >= 0.3 is 0 Å². The van der Waals surface area contributed by atoms with Gasteiger partial charge in [-0.25, -0.2) is 0 Å². The van der Waals surface area contributed by atoms with E-state index < -0.39 is 12.2 Å². The van der Waals surface area contributed by atoms with Crippen LogP contribution in [0, 0.1) is 0 Å². The molecular weight excluding hydrogens is 160 g/mol. The highest BCUT2D eigenvalue weighted by Gasteiger charge is 1.88. The van der Waals surface area contributed by atoms with Crippen molar-refractivity contribution in [3.05, 3.63) is 25.3 Å². The van der Waals surface area contributed by atoms with Crippen LogP contribution in [0.1, 0.15) is 0 Å². The van der Waals surface area contributed by atoms with Gasteiger partial charge in [0.2, 0.25) is 0 Å². The summed E-state index contributed by atoms with van der Waals surface area (Å²) in [5.41, 5.74) is 0. The van der Waals surface area contributed by atoms with Gasteiger partial charge in [-0.15, -0.1) is 13.2 Å². The Balaban J connectivity index is 0. The molecule has 0 aliphatic heterocycles. The van der Waals surface area contributed by atoms with Crippen LogP contribution in [0.3, 0.4) is 0 Å². The molecule has 2 unspecified atom stereocenters. The smallest absolute Gasteiger partial charge is 0.0949 e. The van der Waals surface area contributed by atoms with Crippen LogP contribution in [-0.4, -0.2) is 45.8 Å². The summed E-state index contributed by atoms with van der Waals surface area (Å²) in [5, 5.41) is 32.6. The SMILES string of the molecule is C=CC(O)CO.C=CC(O)CO. The van der Waals surface area contributed by atoms with Gasteiger partial charge in [-0.1, -0.05) is 12.2 Å². The lowest BCUT2D eigenvalue weighted by Crippen LogP contribution is -2.05. The summed E-state index contributed by atoms with van der Waals surface area (Å²) >= 11 is 0. The number of hydrogen-bond donors (Lipinski definition) is 4. The van der Waals surface area contributed by atoms with Crippen LogP contribution in [0.25, 0.3) is 0 Å². The lowest BCUT2D eigenvalue weighted by atomic mass is 10.4. The third kappa shape index (κ3) is 12.0. The summed E-state index contributed by atoms with van der Waals surface area (Å²) in [4.78, 5) is 0. The zero-order valence-electron chi connectivity index (χ0n) is 6.93. The Labute approximate surface area is 72.1 Å². The van der Waals surface area contributed by atoms with Crippen molar-refractivity contribution < 1.29 is 20.4 Å². The Morgan fingerprint density at radius 1 is 0.917 bits per heavy atom. The maximum Gasteiger partial charge on any atom is 0.0949 e. The summed E-state index contributed by atoms with van der Waals surface area (Å²) in [6.45, 7) is 5.98. The van der Waals surface area contributed by atoms with E-state index in [0.717, 1.165) is 0 Å². The van der Waals surface area contributed by atoms with Crippen molar-refractivity contribution in [1.82, 2.24) is 0 Å². The Morgan fingerprint density at radius 3 is 1.17 bits per heavy atom. The summed E-state index contributed by atoms with van der Waals surface area (Å²) in [7, 11) is 0. The molecule has 0 saturated heterocycles. The van der Waals surface area contributed by atoms with Crippen molar-refractivity contribution in [2.24, 2.45) is 0 Å². The zero-order chi connectivity index (χ0) is 9.98. The maximum atomic E-state index is 8.30. The predicted octanol–water partition coefficient (Wildman–Crippen LogP) is -0.949. The number of aliphatic hydroxyl groups is 4. The highest BCUT2D eigenvalue weighted by Crippen LogP contribution is 1.76. The fourth-order valence-electron chi connectivity index (χ4n) is 0.149. The molecule has 0 bridgehead atoms. The molecule has 0 rings (SSSR count). The molecule has 2 atom stereocenters. The molecule has 4 heteroatoms. The second kappa shape index (κ2) is 10.3. The lowest BCUT2D eigenvalue weighted by Gasteiger charge is -1.93. The van der Waals surface area contributed by atoms with Gasteiger partial charge < -0.3 is 20.4 Å². The Hall–Kier alpha value is -0.680. The topological polar surface area (TPSA) is 80.9 Å². The van der Waals surface area contributed by atoms with Gasteiger partial charge in [-0.05, 0) is 0 Å². The first kappa shape index (κ1) is 13.9. The lowest BCUT2D eigenvalue weighted by molar-refractivity contribution is 0.131. The first-order valence-corrected chi connectivity index (χ1v) is 3.45. The van der Waals surface area contributed by atoms with Crippen LogP contribution < -0.4 is 0 Å². The number of aliphatic hydroxyl groups excluding tert-OH is 4. The van der Waals surface area contributed by atoms with Gasteiger partial charge in [0.25, 0.3) is 0 Å². The molecule has 0 fully saturated rings. The molecule has 4 nitrogen and oxygen atoms in total. The van der Waals surface area contributed by atoms with Crippen LogP contribution in [0.5, 0.6) is 0 Å². The predicted molar refractivity (Wildman–Crippen MR) is 46.6 cm³/mol. The van der Waals surface area contributed by atoms with E-state index in [-0.39, 0.29) is 13.2 Å². The number of rotatable bonds is 4. The number of hydrogen-bond acceptors (Lipinski definition) is 4. The van der Waals surface area contributed by atoms with Gasteiger partial charge in [-0.3, -0.25) is 0 Å². The standard InChI is InChI=1S/2C4H8O2/c2*1-2-4(6)3-5/h2*2,4-6H,1,3H2. The summed E-state index contributed by atoms with van der Waals surface area (Å²) in [6.07, 6.45) is 1.06. The van der Waals surface area contributed by atoms with E-state index in [0.29, 0.717) is 0 Å². The normalized spacial score (nSPS) is 13.7. The first-order valence-electron chi connectivity index (χ1n) is 3.45. The fourth-order valence-corrected chi connectivity index (χ4v) is 0.149. The third-order valence-electron chi connectivity index (χ3n) is 0.918. The summed E-state index contributed by atoms with van der Waals surface area (Å²) in [5.74, 6) is 0. The highest BCUT2D eigenvalue weighted by molar-refractivity contribution is 4.76. The van der Waals surface area contributed by atoms with Crippen LogP contribution in [-0.2, 0) is 0 Å². The second-order valence-electron chi connectivity index (χ2n) is 1.97. The minimum atomic E-state index is -0.745. The highest BCUT2D eigenvalue weighted by atomic mass is 16.3. The Bertz CT molecular complexity index is 99.6. The molecule has 0 aliphatic rings. The van der Waals surface area contributed by atoms with Gasteiger partial charge in [0.1, 0.15) is 0 Å². The van der Waals surface area contributed by atoms with Gasteiger partial charge in [-0.2, -0.15) is 0 Å². The molecule has 0 aromatic carbocycles. The molecule has 12 heavy (non-hydrogen) atoms. The molecule has 0 aromatic rings. The van der Waals surface area contributed by atoms with Crippen molar-refractivity contribution >= 4 is 0 Å².